The molecule has 0 saturated carbocycles. The number of sulfonamides is 1. The molecule has 0 radical (unpaired) electrons. The topological polar surface area (TPSA) is 87.3 Å². The lowest BCUT2D eigenvalue weighted by Crippen LogP contribution is -2.26. The molecule has 26 heavy (non-hydrogen) atoms. The fourth-order valence-corrected chi connectivity index (χ4v) is 3.40. The second-order valence-electron chi connectivity index (χ2n) is 5.81. The number of hydrogen-bond acceptors (Lipinski definition) is 4. The number of carbonyl (C=O) groups excluding carboxylic acids is 1. The molecule has 0 fully saturated rings. The first kappa shape index (κ1) is 19.9. The van der Waals surface area contributed by atoms with E-state index in [9.17, 15) is 17.6 Å². The lowest BCUT2D eigenvalue weighted by molar-refractivity contribution is 0.0953. The first-order valence-electron chi connectivity index (χ1n) is 8.15. The third-order valence-electron chi connectivity index (χ3n) is 3.73. The van der Waals surface area contributed by atoms with Gasteiger partial charge in [-0.25, -0.2) is 12.8 Å². The Morgan fingerprint density at radius 1 is 1.08 bits per heavy atom. The number of carbonyl (C=O) groups is 1. The van der Waals surface area contributed by atoms with Gasteiger partial charge < -0.3 is 10.6 Å². The summed E-state index contributed by atoms with van der Waals surface area (Å²) in [5.74, 6) is -0.682. The Morgan fingerprint density at radius 2 is 1.77 bits per heavy atom. The standard InChI is InChI=1S/C18H22FN3O3S/c1-13-12-16(8-9-17(13)19)26(24,25)22-15-6-4-14(5-7-15)18(23)21-11-3-10-20-2/h4-9,12,20,22H,3,10-11H2,1-2H3,(H,21,23). The highest BCUT2D eigenvalue weighted by atomic mass is 32.2. The number of rotatable bonds is 8. The van der Waals surface area contributed by atoms with Crippen molar-refractivity contribution in [1.82, 2.24) is 10.6 Å². The van der Waals surface area contributed by atoms with E-state index in [0.717, 1.165) is 19.0 Å². The molecule has 2 rings (SSSR count). The summed E-state index contributed by atoms with van der Waals surface area (Å²) in [6.07, 6.45) is 0.817. The molecule has 0 unspecified atom stereocenters. The number of amides is 1. The van der Waals surface area contributed by atoms with Crippen LogP contribution in [0.4, 0.5) is 10.1 Å². The van der Waals surface area contributed by atoms with E-state index in [-0.39, 0.29) is 16.4 Å². The van der Waals surface area contributed by atoms with E-state index in [1.807, 2.05) is 7.05 Å². The molecule has 0 saturated heterocycles. The van der Waals surface area contributed by atoms with Crippen molar-refractivity contribution >= 4 is 21.6 Å². The van der Waals surface area contributed by atoms with Gasteiger partial charge in [-0.15, -0.1) is 0 Å². The highest BCUT2D eigenvalue weighted by Gasteiger charge is 2.16. The summed E-state index contributed by atoms with van der Waals surface area (Å²) in [5.41, 5.74) is 1.01. The largest absolute Gasteiger partial charge is 0.352 e. The van der Waals surface area contributed by atoms with E-state index < -0.39 is 15.8 Å². The molecule has 140 valence electrons. The van der Waals surface area contributed by atoms with Gasteiger partial charge in [-0.2, -0.15) is 0 Å². The monoisotopic (exact) mass is 379 g/mol. The number of hydrogen-bond donors (Lipinski definition) is 3. The van der Waals surface area contributed by atoms with Gasteiger partial charge in [0.1, 0.15) is 5.82 Å². The highest BCUT2D eigenvalue weighted by Crippen LogP contribution is 2.19. The Morgan fingerprint density at radius 3 is 2.38 bits per heavy atom. The van der Waals surface area contributed by atoms with Crippen molar-refractivity contribution in [3.8, 4) is 0 Å². The van der Waals surface area contributed by atoms with Crippen LogP contribution in [-0.4, -0.2) is 34.5 Å². The molecule has 0 aromatic heterocycles. The Hall–Kier alpha value is -2.45. The van der Waals surface area contributed by atoms with Gasteiger partial charge >= 0.3 is 0 Å². The average molecular weight is 379 g/mol. The molecule has 3 N–H and O–H groups in total. The Kier molecular flexibility index (Phi) is 6.70. The molecule has 0 aliphatic heterocycles. The van der Waals surface area contributed by atoms with Crippen LogP contribution in [0.25, 0.3) is 0 Å². The summed E-state index contributed by atoms with van der Waals surface area (Å²) in [6.45, 7) is 2.86. The Labute approximate surface area is 152 Å². The van der Waals surface area contributed by atoms with E-state index in [0.29, 0.717) is 17.8 Å². The maximum Gasteiger partial charge on any atom is 0.261 e. The van der Waals surface area contributed by atoms with Crippen molar-refractivity contribution in [2.24, 2.45) is 0 Å². The second kappa shape index (κ2) is 8.77. The predicted octanol–water partition coefficient (Wildman–Crippen LogP) is 2.27. The zero-order valence-corrected chi connectivity index (χ0v) is 15.5. The summed E-state index contributed by atoms with van der Waals surface area (Å²) in [7, 11) is -1.99. The Bertz CT molecular complexity index is 868. The molecule has 0 atom stereocenters. The minimum atomic E-state index is -3.83. The lowest BCUT2D eigenvalue weighted by atomic mass is 10.2. The van der Waals surface area contributed by atoms with Gasteiger partial charge in [0.05, 0.1) is 4.90 Å². The highest BCUT2D eigenvalue weighted by molar-refractivity contribution is 7.92. The minimum absolute atomic E-state index is 0.0252. The zero-order chi connectivity index (χ0) is 19.2. The van der Waals surface area contributed by atoms with Crippen LogP contribution in [0.5, 0.6) is 0 Å². The van der Waals surface area contributed by atoms with E-state index in [2.05, 4.69) is 15.4 Å². The van der Waals surface area contributed by atoms with E-state index in [1.54, 1.807) is 12.1 Å². The van der Waals surface area contributed by atoms with Gasteiger partial charge in [-0.05, 0) is 75.0 Å². The average Bonchev–Trinajstić information content (AvgIpc) is 2.61. The first-order chi connectivity index (χ1) is 12.3. The van der Waals surface area contributed by atoms with E-state index in [1.165, 1.54) is 31.2 Å². The number of anilines is 1. The van der Waals surface area contributed by atoms with Gasteiger partial charge in [-0.1, -0.05) is 0 Å². The van der Waals surface area contributed by atoms with Crippen molar-refractivity contribution in [3.05, 3.63) is 59.4 Å². The molecule has 0 aliphatic carbocycles. The summed E-state index contributed by atoms with van der Waals surface area (Å²) in [5, 5.41) is 5.78. The lowest BCUT2D eigenvalue weighted by Gasteiger charge is -2.10. The molecule has 1 amide bonds. The minimum Gasteiger partial charge on any atom is -0.352 e. The van der Waals surface area contributed by atoms with Crippen LogP contribution in [0.1, 0.15) is 22.3 Å². The smallest absolute Gasteiger partial charge is 0.261 e. The molecule has 2 aromatic carbocycles. The fraction of sp³-hybridized carbons (Fsp3) is 0.278. The van der Waals surface area contributed by atoms with Crippen molar-refractivity contribution in [1.29, 1.82) is 0 Å². The van der Waals surface area contributed by atoms with Gasteiger partial charge in [0.15, 0.2) is 0 Å². The van der Waals surface area contributed by atoms with E-state index in [4.69, 9.17) is 0 Å². The summed E-state index contributed by atoms with van der Waals surface area (Å²) >= 11 is 0. The molecule has 2 aromatic rings. The normalized spacial score (nSPS) is 11.2. The summed E-state index contributed by atoms with van der Waals surface area (Å²) in [4.78, 5) is 12.0. The summed E-state index contributed by atoms with van der Waals surface area (Å²) in [6, 6.07) is 9.70. The third kappa shape index (κ3) is 5.27. The molecule has 0 aliphatic rings. The van der Waals surface area contributed by atoms with Crippen LogP contribution in [0.2, 0.25) is 0 Å². The van der Waals surface area contributed by atoms with Crippen molar-refractivity contribution in [3.63, 3.8) is 0 Å². The maximum atomic E-state index is 13.3. The first-order valence-corrected chi connectivity index (χ1v) is 9.63. The molecular weight excluding hydrogens is 357 g/mol. The van der Waals surface area contributed by atoms with Crippen LogP contribution >= 0.6 is 0 Å². The van der Waals surface area contributed by atoms with Crippen molar-refractivity contribution in [2.75, 3.05) is 24.9 Å². The van der Waals surface area contributed by atoms with Crippen molar-refractivity contribution < 1.29 is 17.6 Å². The zero-order valence-electron chi connectivity index (χ0n) is 14.7. The van der Waals surface area contributed by atoms with Crippen LogP contribution in [-0.2, 0) is 10.0 Å². The SMILES string of the molecule is CNCCCNC(=O)c1ccc(NS(=O)(=O)c2ccc(F)c(C)c2)cc1. The number of benzene rings is 2. The second-order valence-corrected chi connectivity index (χ2v) is 7.49. The van der Waals surface area contributed by atoms with Crippen LogP contribution in [0.15, 0.2) is 47.4 Å². The fourth-order valence-electron chi connectivity index (χ4n) is 2.26. The van der Waals surface area contributed by atoms with E-state index >= 15 is 0 Å². The molecule has 8 heteroatoms. The quantitative estimate of drug-likeness (QED) is 0.614. The molecule has 6 nitrogen and oxygen atoms in total. The third-order valence-corrected chi connectivity index (χ3v) is 5.11. The predicted molar refractivity (Wildman–Crippen MR) is 99.3 cm³/mol. The van der Waals surface area contributed by atoms with Crippen molar-refractivity contribution in [2.45, 2.75) is 18.2 Å². The van der Waals surface area contributed by atoms with Gasteiger partial charge in [0.2, 0.25) is 0 Å². The molecule has 0 bridgehead atoms. The molecular formula is C18H22FN3O3S. The van der Waals surface area contributed by atoms with Gasteiger partial charge in [0.25, 0.3) is 15.9 Å². The number of aryl methyl sites for hydroxylation is 1. The molecule has 0 spiro atoms. The van der Waals surface area contributed by atoms with Crippen LogP contribution < -0.4 is 15.4 Å². The van der Waals surface area contributed by atoms with Crippen LogP contribution in [0, 0.1) is 12.7 Å². The van der Waals surface area contributed by atoms with Gasteiger partial charge in [0, 0.05) is 17.8 Å². The number of nitrogens with one attached hydrogen (secondary N) is 3. The molecule has 0 heterocycles. The summed E-state index contributed by atoms with van der Waals surface area (Å²) < 4.78 is 40.5. The van der Waals surface area contributed by atoms with Crippen LogP contribution in [0.3, 0.4) is 0 Å². The Balaban J connectivity index is 2.03. The maximum absolute atomic E-state index is 13.3. The van der Waals surface area contributed by atoms with Gasteiger partial charge in [-0.3, -0.25) is 9.52 Å². The number of halogens is 1.